The van der Waals surface area contributed by atoms with Gasteiger partial charge in [0.25, 0.3) is 0 Å². The van der Waals surface area contributed by atoms with Crippen molar-refractivity contribution in [3.63, 3.8) is 0 Å². The van der Waals surface area contributed by atoms with Crippen LogP contribution in [0.5, 0.6) is 0 Å². The van der Waals surface area contributed by atoms with E-state index in [0.717, 1.165) is 17.9 Å². The molecule has 1 atom stereocenters. The molecule has 1 aromatic rings. The third-order valence-electron chi connectivity index (χ3n) is 2.78. The van der Waals surface area contributed by atoms with Crippen LogP contribution in [-0.4, -0.2) is 35.1 Å². The summed E-state index contributed by atoms with van der Waals surface area (Å²) >= 11 is 6.81. The quantitative estimate of drug-likeness (QED) is 0.803. The summed E-state index contributed by atoms with van der Waals surface area (Å²) in [7, 11) is 2.10. The van der Waals surface area contributed by atoms with E-state index in [2.05, 4.69) is 30.1 Å². The predicted octanol–water partition coefficient (Wildman–Crippen LogP) is 2.29. The Kier molecular flexibility index (Phi) is 5.71. The van der Waals surface area contributed by atoms with Gasteiger partial charge in [0.2, 0.25) is 0 Å². The highest BCUT2D eigenvalue weighted by Gasteiger charge is 2.13. The number of hydrogen-bond donors (Lipinski definition) is 1. The third kappa shape index (κ3) is 3.85. The number of nitrogens with two attached hydrogens (primary N) is 1. The van der Waals surface area contributed by atoms with Crippen molar-refractivity contribution < 1.29 is 0 Å². The van der Waals surface area contributed by atoms with Gasteiger partial charge in [0.15, 0.2) is 0 Å². The van der Waals surface area contributed by atoms with Crippen LogP contribution in [0.3, 0.4) is 0 Å². The van der Waals surface area contributed by atoms with E-state index >= 15 is 0 Å². The molecule has 0 saturated carbocycles. The standard InChI is InChI=1S/C12H19N3S2/c1-4-9(8-17-3)15(2)10-5-6-14-11(7-10)12(13)16/h5-7,9H,4,8H2,1-3H3,(H2,13,16). The number of anilines is 1. The number of hydrogen-bond acceptors (Lipinski definition) is 4. The van der Waals surface area contributed by atoms with Crippen LogP contribution in [0.15, 0.2) is 18.3 Å². The Labute approximate surface area is 113 Å². The summed E-state index contributed by atoms with van der Waals surface area (Å²) in [6.07, 6.45) is 5.00. The molecule has 0 fully saturated rings. The van der Waals surface area contributed by atoms with Gasteiger partial charge in [-0.05, 0) is 24.8 Å². The maximum absolute atomic E-state index is 5.60. The molecule has 0 aliphatic carbocycles. The van der Waals surface area contributed by atoms with Crippen molar-refractivity contribution in [2.75, 3.05) is 24.0 Å². The SMILES string of the molecule is CCC(CSC)N(C)c1ccnc(C(N)=S)c1. The Morgan fingerprint density at radius 2 is 2.35 bits per heavy atom. The van der Waals surface area contributed by atoms with Gasteiger partial charge in [0, 0.05) is 30.7 Å². The second kappa shape index (κ2) is 6.81. The number of thioether (sulfide) groups is 1. The zero-order valence-electron chi connectivity index (χ0n) is 10.5. The summed E-state index contributed by atoms with van der Waals surface area (Å²) in [5.41, 5.74) is 7.39. The van der Waals surface area contributed by atoms with Gasteiger partial charge < -0.3 is 10.6 Å². The first-order chi connectivity index (χ1) is 8.10. The minimum Gasteiger partial charge on any atom is -0.388 e. The zero-order chi connectivity index (χ0) is 12.8. The van der Waals surface area contributed by atoms with E-state index < -0.39 is 0 Å². The molecule has 1 unspecified atom stereocenters. The Morgan fingerprint density at radius 3 is 2.88 bits per heavy atom. The van der Waals surface area contributed by atoms with E-state index in [0.29, 0.717) is 16.7 Å². The number of aromatic nitrogens is 1. The lowest BCUT2D eigenvalue weighted by Gasteiger charge is -2.29. The molecule has 0 aliphatic heterocycles. The van der Waals surface area contributed by atoms with Crippen molar-refractivity contribution >= 4 is 34.7 Å². The monoisotopic (exact) mass is 269 g/mol. The fourth-order valence-electron chi connectivity index (χ4n) is 1.68. The molecule has 17 heavy (non-hydrogen) atoms. The Balaban J connectivity index is 2.90. The summed E-state index contributed by atoms with van der Waals surface area (Å²) in [5.74, 6) is 1.11. The van der Waals surface area contributed by atoms with E-state index in [1.54, 1.807) is 6.20 Å². The van der Waals surface area contributed by atoms with Crippen LogP contribution in [0.2, 0.25) is 0 Å². The molecule has 1 rings (SSSR count). The largest absolute Gasteiger partial charge is 0.388 e. The molecule has 5 heteroatoms. The maximum atomic E-state index is 5.60. The fourth-order valence-corrected chi connectivity index (χ4v) is 2.64. The molecule has 0 bridgehead atoms. The number of nitrogens with zero attached hydrogens (tertiary/aromatic N) is 2. The normalized spacial score (nSPS) is 12.2. The Morgan fingerprint density at radius 1 is 1.65 bits per heavy atom. The second-order valence-electron chi connectivity index (χ2n) is 3.89. The lowest BCUT2D eigenvalue weighted by atomic mass is 10.2. The van der Waals surface area contributed by atoms with Crippen LogP contribution in [0.25, 0.3) is 0 Å². The van der Waals surface area contributed by atoms with Gasteiger partial charge in [-0.1, -0.05) is 19.1 Å². The van der Waals surface area contributed by atoms with Crippen LogP contribution in [0.4, 0.5) is 5.69 Å². The number of thiocarbonyl (C=S) groups is 1. The highest BCUT2D eigenvalue weighted by molar-refractivity contribution is 7.98. The number of pyridine rings is 1. The fraction of sp³-hybridized carbons (Fsp3) is 0.500. The zero-order valence-corrected chi connectivity index (χ0v) is 12.1. The first-order valence-corrected chi connectivity index (χ1v) is 7.38. The molecule has 0 amide bonds. The minimum absolute atomic E-state index is 0.346. The van der Waals surface area contributed by atoms with E-state index in [-0.39, 0.29) is 0 Å². The summed E-state index contributed by atoms with van der Waals surface area (Å²) < 4.78 is 0. The molecule has 0 spiro atoms. The van der Waals surface area contributed by atoms with Crippen LogP contribution in [0, 0.1) is 0 Å². The van der Waals surface area contributed by atoms with E-state index in [4.69, 9.17) is 18.0 Å². The molecular formula is C12H19N3S2. The molecule has 1 aromatic heterocycles. The molecular weight excluding hydrogens is 250 g/mol. The third-order valence-corrected chi connectivity index (χ3v) is 3.71. The molecule has 2 N–H and O–H groups in total. The molecule has 3 nitrogen and oxygen atoms in total. The Hall–Kier alpha value is -0.810. The van der Waals surface area contributed by atoms with Gasteiger partial charge >= 0.3 is 0 Å². The summed E-state index contributed by atoms with van der Waals surface area (Å²) in [4.78, 5) is 6.76. The molecule has 0 aliphatic rings. The van der Waals surface area contributed by atoms with E-state index in [1.165, 1.54) is 0 Å². The topological polar surface area (TPSA) is 42.2 Å². The minimum atomic E-state index is 0.346. The van der Waals surface area contributed by atoms with Crippen molar-refractivity contribution in [3.8, 4) is 0 Å². The lowest BCUT2D eigenvalue weighted by molar-refractivity contribution is 0.673. The van der Waals surface area contributed by atoms with Crippen molar-refractivity contribution in [1.29, 1.82) is 0 Å². The molecule has 1 heterocycles. The van der Waals surface area contributed by atoms with Crippen molar-refractivity contribution in [1.82, 2.24) is 4.98 Å². The van der Waals surface area contributed by atoms with Gasteiger partial charge in [-0.25, -0.2) is 0 Å². The van der Waals surface area contributed by atoms with Crippen LogP contribution in [-0.2, 0) is 0 Å². The van der Waals surface area contributed by atoms with Gasteiger partial charge in [-0.2, -0.15) is 11.8 Å². The predicted molar refractivity (Wildman–Crippen MR) is 81.0 cm³/mol. The number of rotatable bonds is 6. The van der Waals surface area contributed by atoms with Gasteiger partial charge in [-0.3, -0.25) is 4.98 Å². The van der Waals surface area contributed by atoms with Crippen LogP contribution in [0.1, 0.15) is 19.0 Å². The summed E-state index contributed by atoms with van der Waals surface area (Å²) in [5, 5.41) is 0. The summed E-state index contributed by atoms with van der Waals surface area (Å²) in [6.45, 7) is 2.20. The molecule has 0 radical (unpaired) electrons. The van der Waals surface area contributed by atoms with Crippen molar-refractivity contribution in [3.05, 3.63) is 24.0 Å². The van der Waals surface area contributed by atoms with Crippen LogP contribution < -0.4 is 10.6 Å². The first-order valence-electron chi connectivity index (χ1n) is 5.57. The van der Waals surface area contributed by atoms with Gasteiger partial charge in [-0.15, -0.1) is 0 Å². The van der Waals surface area contributed by atoms with E-state index in [9.17, 15) is 0 Å². The highest BCUT2D eigenvalue weighted by Crippen LogP contribution is 2.19. The highest BCUT2D eigenvalue weighted by atomic mass is 32.2. The molecule has 0 saturated heterocycles. The van der Waals surface area contributed by atoms with Crippen molar-refractivity contribution in [2.24, 2.45) is 5.73 Å². The van der Waals surface area contributed by atoms with Gasteiger partial charge in [0.05, 0.1) is 5.69 Å². The summed E-state index contributed by atoms with van der Waals surface area (Å²) in [6, 6.07) is 4.46. The molecule has 0 aromatic carbocycles. The smallest absolute Gasteiger partial charge is 0.122 e. The maximum Gasteiger partial charge on any atom is 0.122 e. The van der Waals surface area contributed by atoms with Gasteiger partial charge in [0.1, 0.15) is 4.99 Å². The van der Waals surface area contributed by atoms with Crippen LogP contribution >= 0.6 is 24.0 Å². The van der Waals surface area contributed by atoms with E-state index in [1.807, 2.05) is 23.9 Å². The molecule has 94 valence electrons. The first kappa shape index (κ1) is 14.3. The second-order valence-corrected chi connectivity index (χ2v) is 5.24. The lowest BCUT2D eigenvalue weighted by Crippen LogP contribution is -2.33. The Bertz CT molecular complexity index is 382. The average molecular weight is 269 g/mol. The average Bonchev–Trinajstić information content (AvgIpc) is 2.35. The van der Waals surface area contributed by atoms with Crippen molar-refractivity contribution in [2.45, 2.75) is 19.4 Å².